The molecule has 0 saturated heterocycles. The third kappa shape index (κ3) is 4.67. The van der Waals surface area contributed by atoms with Gasteiger partial charge >= 0.3 is 0 Å². The van der Waals surface area contributed by atoms with E-state index in [0.29, 0.717) is 13.0 Å². The minimum Gasteiger partial charge on any atom is -0.493 e. The molecule has 0 aromatic heterocycles. The molecule has 0 aliphatic heterocycles. The van der Waals surface area contributed by atoms with Gasteiger partial charge in [0.25, 0.3) is 0 Å². The third-order valence-electron chi connectivity index (χ3n) is 2.64. The fraction of sp³-hybridized carbons (Fsp3) is 0.500. The van der Waals surface area contributed by atoms with Crippen LogP contribution in [0.4, 0.5) is 0 Å². The lowest BCUT2D eigenvalue weighted by Gasteiger charge is -2.18. The predicted molar refractivity (Wildman–Crippen MR) is 76.6 cm³/mol. The highest BCUT2D eigenvalue weighted by atomic mass is 79.9. The summed E-state index contributed by atoms with van der Waals surface area (Å²) in [5.41, 5.74) is 1.15. The van der Waals surface area contributed by atoms with Crippen molar-refractivity contribution < 1.29 is 4.74 Å². The first-order valence-corrected chi connectivity index (χ1v) is 7.01. The van der Waals surface area contributed by atoms with Gasteiger partial charge in [-0.2, -0.15) is 5.26 Å². The first-order valence-electron chi connectivity index (χ1n) is 6.21. The maximum absolute atomic E-state index is 8.50. The van der Waals surface area contributed by atoms with Gasteiger partial charge in [0.1, 0.15) is 5.75 Å². The van der Waals surface area contributed by atoms with Crippen molar-refractivity contribution in [3.63, 3.8) is 0 Å². The second-order valence-corrected chi connectivity index (χ2v) is 4.99. The number of halogens is 1. The van der Waals surface area contributed by atoms with Crippen LogP contribution in [0.1, 0.15) is 38.3 Å². The molecular weight excluding hydrogens is 292 g/mol. The molecule has 3 nitrogen and oxygen atoms in total. The van der Waals surface area contributed by atoms with Gasteiger partial charge in [0.15, 0.2) is 0 Å². The van der Waals surface area contributed by atoms with Gasteiger partial charge in [-0.25, -0.2) is 0 Å². The van der Waals surface area contributed by atoms with Crippen molar-refractivity contribution in [1.82, 2.24) is 5.32 Å². The summed E-state index contributed by atoms with van der Waals surface area (Å²) in [5.74, 6) is 0.885. The summed E-state index contributed by atoms with van der Waals surface area (Å²) in [7, 11) is 0. The molecule has 0 radical (unpaired) electrons. The van der Waals surface area contributed by atoms with Crippen molar-refractivity contribution in [1.29, 1.82) is 5.26 Å². The molecule has 0 aliphatic carbocycles. The van der Waals surface area contributed by atoms with Crippen molar-refractivity contribution in [2.75, 3.05) is 13.2 Å². The lowest BCUT2D eigenvalue weighted by molar-refractivity contribution is 0.306. The van der Waals surface area contributed by atoms with E-state index in [1.807, 2.05) is 12.1 Å². The van der Waals surface area contributed by atoms with Crippen molar-refractivity contribution in [2.24, 2.45) is 0 Å². The number of nitrogens with zero attached hydrogens (tertiary/aromatic N) is 1. The zero-order valence-electron chi connectivity index (χ0n) is 10.9. The molecule has 0 heterocycles. The van der Waals surface area contributed by atoms with Crippen molar-refractivity contribution in [3.8, 4) is 11.8 Å². The van der Waals surface area contributed by atoms with E-state index >= 15 is 0 Å². The molecule has 1 atom stereocenters. The number of rotatable bonds is 7. The average molecular weight is 311 g/mol. The second-order valence-electron chi connectivity index (χ2n) is 4.07. The maximum atomic E-state index is 8.50. The summed E-state index contributed by atoms with van der Waals surface area (Å²) < 4.78 is 6.77. The molecule has 18 heavy (non-hydrogen) atoms. The highest BCUT2D eigenvalue weighted by Crippen LogP contribution is 2.28. The third-order valence-corrected chi connectivity index (χ3v) is 3.14. The summed E-state index contributed by atoms with van der Waals surface area (Å²) in [4.78, 5) is 0. The number of unbranched alkanes of at least 4 members (excludes halogenated alkanes) is 1. The molecule has 0 bridgehead atoms. The first-order chi connectivity index (χ1) is 8.69. The Morgan fingerprint density at radius 2 is 2.28 bits per heavy atom. The monoisotopic (exact) mass is 310 g/mol. The van der Waals surface area contributed by atoms with Crippen LogP contribution in [0.5, 0.6) is 5.75 Å². The number of benzene rings is 1. The molecule has 0 amide bonds. The Hall–Kier alpha value is -1.05. The molecule has 0 aliphatic rings. The zero-order chi connectivity index (χ0) is 13.4. The molecular formula is C14H19BrN2O. The number of hydrogen-bond acceptors (Lipinski definition) is 3. The standard InChI is InChI=1S/C14H19BrN2O/c1-3-17-11(2)13-7-6-12(15)10-14(13)18-9-5-4-8-16/h6-7,10-11,17H,3-5,9H2,1-2H3. The van der Waals surface area contributed by atoms with E-state index in [-0.39, 0.29) is 6.04 Å². The highest BCUT2D eigenvalue weighted by Gasteiger charge is 2.11. The lowest BCUT2D eigenvalue weighted by Crippen LogP contribution is -2.18. The van der Waals surface area contributed by atoms with E-state index < -0.39 is 0 Å². The largest absolute Gasteiger partial charge is 0.493 e. The van der Waals surface area contributed by atoms with Gasteiger partial charge in [-0.15, -0.1) is 0 Å². The van der Waals surface area contributed by atoms with Gasteiger partial charge in [0.05, 0.1) is 12.7 Å². The number of nitrogens with one attached hydrogen (secondary N) is 1. The van der Waals surface area contributed by atoms with Gasteiger partial charge in [-0.05, 0) is 32.0 Å². The normalized spacial score (nSPS) is 11.9. The minimum absolute atomic E-state index is 0.258. The van der Waals surface area contributed by atoms with E-state index in [1.165, 1.54) is 0 Å². The van der Waals surface area contributed by atoms with Gasteiger partial charge < -0.3 is 10.1 Å². The first kappa shape index (κ1) is 15.0. The lowest BCUT2D eigenvalue weighted by atomic mass is 10.1. The summed E-state index contributed by atoms with van der Waals surface area (Å²) >= 11 is 3.45. The Morgan fingerprint density at radius 3 is 2.94 bits per heavy atom. The van der Waals surface area contributed by atoms with Gasteiger partial charge in [0, 0.05) is 22.5 Å². The molecule has 1 N–H and O–H groups in total. The van der Waals surface area contributed by atoms with Crippen molar-refractivity contribution in [2.45, 2.75) is 32.7 Å². The van der Waals surface area contributed by atoms with Crippen LogP contribution < -0.4 is 10.1 Å². The topological polar surface area (TPSA) is 45.0 Å². The smallest absolute Gasteiger partial charge is 0.125 e. The number of nitriles is 1. The molecule has 0 saturated carbocycles. The predicted octanol–water partition coefficient (Wildman–Crippen LogP) is 3.80. The second kappa shape index (κ2) is 8.12. The van der Waals surface area contributed by atoms with Crippen LogP contribution >= 0.6 is 15.9 Å². The molecule has 1 rings (SSSR count). The van der Waals surface area contributed by atoms with E-state index in [1.54, 1.807) is 0 Å². The summed E-state index contributed by atoms with van der Waals surface area (Å²) in [6.07, 6.45) is 1.30. The van der Waals surface area contributed by atoms with E-state index in [0.717, 1.165) is 28.8 Å². The van der Waals surface area contributed by atoms with E-state index in [2.05, 4.69) is 47.2 Å². The Morgan fingerprint density at radius 1 is 1.50 bits per heavy atom. The molecule has 1 aromatic carbocycles. The number of ether oxygens (including phenoxy) is 1. The van der Waals surface area contributed by atoms with Crippen molar-refractivity contribution >= 4 is 15.9 Å². The van der Waals surface area contributed by atoms with Crippen LogP contribution in [0.25, 0.3) is 0 Å². The number of hydrogen-bond donors (Lipinski definition) is 1. The molecule has 0 spiro atoms. The Labute approximate surface area is 117 Å². The van der Waals surface area contributed by atoms with Crippen LogP contribution in [0.2, 0.25) is 0 Å². The van der Waals surface area contributed by atoms with Crippen molar-refractivity contribution in [3.05, 3.63) is 28.2 Å². The van der Waals surface area contributed by atoms with E-state index in [4.69, 9.17) is 10.00 Å². The molecule has 4 heteroatoms. The van der Waals surface area contributed by atoms with Gasteiger partial charge in [0.2, 0.25) is 0 Å². The van der Waals surface area contributed by atoms with Gasteiger partial charge in [-0.3, -0.25) is 0 Å². The van der Waals surface area contributed by atoms with Crippen LogP contribution in [0, 0.1) is 11.3 Å². The minimum atomic E-state index is 0.258. The van der Waals surface area contributed by atoms with E-state index in [9.17, 15) is 0 Å². The molecule has 98 valence electrons. The quantitative estimate of drug-likeness (QED) is 0.779. The average Bonchev–Trinajstić information content (AvgIpc) is 2.35. The van der Waals surface area contributed by atoms with Gasteiger partial charge in [-0.1, -0.05) is 28.9 Å². The summed E-state index contributed by atoms with van der Waals surface area (Å²) in [6, 6.07) is 8.45. The van der Waals surface area contributed by atoms with Crippen LogP contribution in [-0.2, 0) is 0 Å². The summed E-state index contributed by atoms with van der Waals surface area (Å²) in [5, 5.41) is 11.9. The summed E-state index contributed by atoms with van der Waals surface area (Å²) in [6.45, 7) is 5.71. The van der Waals surface area contributed by atoms with Crippen LogP contribution in [0.15, 0.2) is 22.7 Å². The molecule has 0 fully saturated rings. The fourth-order valence-corrected chi connectivity index (χ4v) is 2.08. The Bertz CT molecular complexity index is 415. The highest BCUT2D eigenvalue weighted by molar-refractivity contribution is 9.10. The SMILES string of the molecule is CCNC(C)c1ccc(Br)cc1OCCCC#N. The Balaban J connectivity index is 2.73. The van der Waals surface area contributed by atoms with Crippen LogP contribution in [-0.4, -0.2) is 13.2 Å². The fourth-order valence-electron chi connectivity index (χ4n) is 1.74. The Kier molecular flexibility index (Phi) is 6.77. The zero-order valence-corrected chi connectivity index (χ0v) is 12.5. The molecule has 1 aromatic rings. The molecule has 1 unspecified atom stereocenters. The van der Waals surface area contributed by atoms with Crippen LogP contribution in [0.3, 0.4) is 0 Å². The maximum Gasteiger partial charge on any atom is 0.125 e.